The van der Waals surface area contributed by atoms with Gasteiger partial charge in [-0.15, -0.1) is 0 Å². The van der Waals surface area contributed by atoms with Gasteiger partial charge in [0.2, 0.25) is 21.8 Å². The Kier molecular flexibility index (Phi) is 10.2. The largest absolute Gasteiger partial charge is 0.497 e. The Balaban J connectivity index is 2.42. The molecule has 2 amide bonds. The van der Waals surface area contributed by atoms with Crippen LogP contribution in [0.4, 0.5) is 5.69 Å². The summed E-state index contributed by atoms with van der Waals surface area (Å²) in [7, 11) is -2.33. The SMILES string of the molecule is CC[C@@H](C)NC(=O)[C@@H](C)N(Cc1cccc(OC)c1)C(=O)CN(c1ccc(Cl)c(Cl)c1)S(C)(=O)=O. The maximum absolute atomic E-state index is 13.5. The highest BCUT2D eigenvalue weighted by Gasteiger charge is 2.30. The zero-order valence-corrected chi connectivity index (χ0v) is 22.7. The van der Waals surface area contributed by atoms with Crippen LogP contribution in [0.5, 0.6) is 5.75 Å². The number of benzene rings is 2. The van der Waals surface area contributed by atoms with Crippen molar-refractivity contribution in [1.29, 1.82) is 0 Å². The molecule has 0 heterocycles. The van der Waals surface area contributed by atoms with Gasteiger partial charge in [0, 0.05) is 12.6 Å². The third-order valence-electron chi connectivity index (χ3n) is 5.53. The molecule has 0 saturated heterocycles. The molecule has 11 heteroatoms. The molecule has 0 bridgehead atoms. The molecule has 2 atom stereocenters. The molecule has 2 aromatic carbocycles. The van der Waals surface area contributed by atoms with Crippen LogP contribution in [0.2, 0.25) is 10.0 Å². The summed E-state index contributed by atoms with van der Waals surface area (Å²) in [5, 5.41) is 3.29. The van der Waals surface area contributed by atoms with Crippen molar-refractivity contribution in [3.8, 4) is 5.75 Å². The fourth-order valence-corrected chi connectivity index (χ4v) is 4.40. The van der Waals surface area contributed by atoms with Gasteiger partial charge in [0.15, 0.2) is 0 Å². The molecular weight excluding hydrogens is 513 g/mol. The average molecular weight is 545 g/mol. The lowest BCUT2D eigenvalue weighted by Gasteiger charge is -2.32. The fraction of sp³-hybridized carbons (Fsp3) is 0.417. The van der Waals surface area contributed by atoms with Gasteiger partial charge in [-0.3, -0.25) is 13.9 Å². The van der Waals surface area contributed by atoms with Crippen LogP contribution in [0.15, 0.2) is 42.5 Å². The molecule has 2 aromatic rings. The molecule has 1 N–H and O–H groups in total. The number of amides is 2. The molecule has 0 aliphatic carbocycles. The summed E-state index contributed by atoms with van der Waals surface area (Å²) in [6, 6.07) is 10.5. The van der Waals surface area contributed by atoms with Crippen molar-refractivity contribution in [2.45, 2.75) is 45.8 Å². The second-order valence-electron chi connectivity index (χ2n) is 8.24. The molecule has 0 aliphatic heterocycles. The first-order valence-corrected chi connectivity index (χ1v) is 13.6. The van der Waals surface area contributed by atoms with E-state index in [2.05, 4.69) is 5.32 Å². The minimum absolute atomic E-state index is 0.0735. The van der Waals surface area contributed by atoms with Gasteiger partial charge in [-0.25, -0.2) is 8.42 Å². The van der Waals surface area contributed by atoms with Crippen LogP contribution in [0.3, 0.4) is 0 Å². The molecule has 0 radical (unpaired) electrons. The number of carbonyl (C=O) groups excluding carboxylic acids is 2. The predicted octanol–water partition coefficient (Wildman–Crippen LogP) is 4.10. The second-order valence-corrected chi connectivity index (χ2v) is 11.0. The van der Waals surface area contributed by atoms with Gasteiger partial charge in [-0.2, -0.15) is 0 Å². The molecule has 2 rings (SSSR count). The van der Waals surface area contributed by atoms with Gasteiger partial charge in [0.25, 0.3) is 0 Å². The van der Waals surface area contributed by atoms with E-state index in [9.17, 15) is 18.0 Å². The van der Waals surface area contributed by atoms with Crippen LogP contribution < -0.4 is 14.4 Å². The molecule has 0 fully saturated rings. The van der Waals surface area contributed by atoms with E-state index in [4.69, 9.17) is 27.9 Å². The maximum Gasteiger partial charge on any atom is 0.244 e. The first-order valence-electron chi connectivity index (χ1n) is 11.0. The highest BCUT2D eigenvalue weighted by atomic mass is 35.5. The monoisotopic (exact) mass is 543 g/mol. The number of methoxy groups -OCH3 is 1. The number of hydrogen-bond donors (Lipinski definition) is 1. The van der Waals surface area contributed by atoms with Gasteiger partial charge in [-0.1, -0.05) is 42.3 Å². The summed E-state index contributed by atoms with van der Waals surface area (Å²) in [6.07, 6.45) is 1.72. The topological polar surface area (TPSA) is 96.0 Å². The van der Waals surface area contributed by atoms with Crippen molar-refractivity contribution in [3.63, 3.8) is 0 Å². The number of nitrogens with one attached hydrogen (secondary N) is 1. The van der Waals surface area contributed by atoms with Crippen LogP contribution >= 0.6 is 23.2 Å². The van der Waals surface area contributed by atoms with Crippen LogP contribution in [0, 0.1) is 0 Å². The van der Waals surface area contributed by atoms with E-state index in [0.717, 1.165) is 22.5 Å². The van der Waals surface area contributed by atoms with Gasteiger partial charge in [-0.05, 0) is 56.2 Å². The molecule has 0 unspecified atom stereocenters. The lowest BCUT2D eigenvalue weighted by atomic mass is 10.1. The van der Waals surface area contributed by atoms with Gasteiger partial charge < -0.3 is 15.0 Å². The standard InChI is InChI=1S/C24H31Cl2N3O5S/c1-6-16(2)27-24(31)17(3)28(14-18-8-7-9-20(12-18)34-4)23(30)15-29(35(5,32)33)19-10-11-21(25)22(26)13-19/h7-13,16-17H,6,14-15H2,1-5H3,(H,27,31)/t16-,17-/m1/s1. The zero-order chi connectivity index (χ0) is 26.3. The highest BCUT2D eigenvalue weighted by Crippen LogP contribution is 2.28. The number of hydrogen-bond acceptors (Lipinski definition) is 5. The summed E-state index contributed by atoms with van der Waals surface area (Å²) in [5.74, 6) is -0.299. The molecule has 0 spiro atoms. The van der Waals surface area contributed by atoms with E-state index in [1.807, 2.05) is 13.8 Å². The van der Waals surface area contributed by atoms with Crippen molar-refractivity contribution >= 4 is 50.7 Å². The maximum atomic E-state index is 13.5. The van der Waals surface area contributed by atoms with Crippen molar-refractivity contribution < 1.29 is 22.7 Å². The van der Waals surface area contributed by atoms with E-state index in [1.54, 1.807) is 31.2 Å². The Morgan fingerprint density at radius 1 is 1.09 bits per heavy atom. The second kappa shape index (κ2) is 12.5. The quantitative estimate of drug-likeness (QED) is 0.460. The summed E-state index contributed by atoms with van der Waals surface area (Å²) >= 11 is 12.1. The number of nitrogens with zero attached hydrogens (tertiary/aromatic N) is 2. The summed E-state index contributed by atoms with van der Waals surface area (Å²) in [5.41, 5.74) is 0.912. The summed E-state index contributed by atoms with van der Waals surface area (Å²) < 4.78 is 31.4. The van der Waals surface area contributed by atoms with E-state index in [-0.39, 0.29) is 34.2 Å². The average Bonchev–Trinajstić information content (AvgIpc) is 2.81. The number of sulfonamides is 1. The number of carbonyl (C=O) groups is 2. The number of rotatable bonds is 11. The first kappa shape index (κ1) is 28.7. The molecule has 0 aromatic heterocycles. The minimum atomic E-state index is -3.87. The van der Waals surface area contributed by atoms with E-state index >= 15 is 0 Å². The number of ether oxygens (including phenoxy) is 1. The number of anilines is 1. The zero-order valence-electron chi connectivity index (χ0n) is 20.4. The molecule has 0 saturated carbocycles. The van der Waals surface area contributed by atoms with Crippen molar-refractivity contribution in [2.24, 2.45) is 0 Å². The molecule has 35 heavy (non-hydrogen) atoms. The number of halogens is 2. The predicted molar refractivity (Wildman–Crippen MR) is 140 cm³/mol. The Morgan fingerprint density at radius 2 is 1.77 bits per heavy atom. The molecule has 192 valence electrons. The summed E-state index contributed by atoms with van der Waals surface area (Å²) in [6.45, 7) is 4.97. The van der Waals surface area contributed by atoms with E-state index in [1.165, 1.54) is 30.2 Å². The highest BCUT2D eigenvalue weighted by molar-refractivity contribution is 7.92. The van der Waals surface area contributed by atoms with Crippen LogP contribution in [0.1, 0.15) is 32.8 Å². The third kappa shape index (κ3) is 8.02. The van der Waals surface area contributed by atoms with Crippen molar-refractivity contribution in [3.05, 3.63) is 58.1 Å². The summed E-state index contributed by atoms with van der Waals surface area (Å²) in [4.78, 5) is 27.8. The van der Waals surface area contributed by atoms with Crippen LogP contribution in [-0.2, 0) is 26.2 Å². The minimum Gasteiger partial charge on any atom is -0.497 e. The van der Waals surface area contributed by atoms with Gasteiger partial charge >= 0.3 is 0 Å². The smallest absolute Gasteiger partial charge is 0.244 e. The Hall–Kier alpha value is -2.49. The van der Waals surface area contributed by atoms with E-state index in [0.29, 0.717) is 5.75 Å². The Labute approximate surface area is 217 Å². The normalized spacial score (nSPS) is 13.0. The van der Waals surface area contributed by atoms with Crippen molar-refractivity contribution in [1.82, 2.24) is 10.2 Å². The van der Waals surface area contributed by atoms with E-state index < -0.39 is 28.5 Å². The van der Waals surface area contributed by atoms with Gasteiger partial charge in [0.05, 0.1) is 29.1 Å². The molecule has 8 nitrogen and oxygen atoms in total. The first-order chi connectivity index (χ1) is 16.4. The van der Waals surface area contributed by atoms with Crippen molar-refractivity contribution in [2.75, 3.05) is 24.2 Å². The lowest BCUT2D eigenvalue weighted by molar-refractivity contribution is -0.139. The fourth-order valence-electron chi connectivity index (χ4n) is 3.27. The Bertz CT molecular complexity index is 1160. The van der Waals surface area contributed by atoms with Gasteiger partial charge in [0.1, 0.15) is 18.3 Å². The molecule has 0 aliphatic rings. The lowest BCUT2D eigenvalue weighted by Crippen LogP contribution is -2.52. The third-order valence-corrected chi connectivity index (χ3v) is 7.41. The molecular formula is C24H31Cl2N3O5S. The Morgan fingerprint density at radius 3 is 2.34 bits per heavy atom. The van der Waals surface area contributed by atoms with Crippen LogP contribution in [0.25, 0.3) is 0 Å². The van der Waals surface area contributed by atoms with Crippen LogP contribution in [-0.4, -0.2) is 57.1 Å².